The molecule has 0 unspecified atom stereocenters. The molecule has 122 valence electrons. The normalized spacial score (nSPS) is 12.3. The molecule has 0 spiro atoms. The van der Waals surface area contributed by atoms with Crippen molar-refractivity contribution < 1.29 is 14.3 Å². The quantitative estimate of drug-likeness (QED) is 0.924. The van der Waals surface area contributed by atoms with Crippen LogP contribution in [0.15, 0.2) is 36.4 Å². The van der Waals surface area contributed by atoms with Crippen molar-refractivity contribution in [1.82, 2.24) is 0 Å². The van der Waals surface area contributed by atoms with Crippen LogP contribution in [0.3, 0.4) is 0 Å². The minimum atomic E-state index is -0.157. The van der Waals surface area contributed by atoms with Gasteiger partial charge in [-0.25, -0.2) is 0 Å². The number of nitriles is 1. The molecule has 1 N–H and O–H groups in total. The predicted molar refractivity (Wildman–Crippen MR) is 90.5 cm³/mol. The summed E-state index contributed by atoms with van der Waals surface area (Å²) in [6.45, 7) is 0.933. The summed E-state index contributed by atoms with van der Waals surface area (Å²) in [5, 5.41) is 11.9. The largest absolute Gasteiger partial charge is 0.486 e. The van der Waals surface area contributed by atoms with Crippen LogP contribution < -0.4 is 14.8 Å². The van der Waals surface area contributed by atoms with Crippen LogP contribution >= 0.6 is 11.6 Å². The monoisotopic (exact) mass is 342 g/mol. The van der Waals surface area contributed by atoms with Gasteiger partial charge in [-0.15, -0.1) is 0 Å². The maximum Gasteiger partial charge on any atom is 0.228 e. The zero-order chi connectivity index (χ0) is 16.9. The van der Waals surface area contributed by atoms with Gasteiger partial charge in [0.2, 0.25) is 5.91 Å². The van der Waals surface area contributed by atoms with Gasteiger partial charge in [0.25, 0.3) is 0 Å². The smallest absolute Gasteiger partial charge is 0.228 e. The van der Waals surface area contributed by atoms with Crippen LogP contribution in [0.1, 0.15) is 11.1 Å². The van der Waals surface area contributed by atoms with E-state index in [0.29, 0.717) is 41.8 Å². The Bertz CT molecular complexity index is 797. The molecule has 24 heavy (non-hydrogen) atoms. The van der Waals surface area contributed by atoms with Crippen LogP contribution in [0.2, 0.25) is 5.02 Å². The molecule has 0 fully saturated rings. The van der Waals surface area contributed by atoms with Crippen LogP contribution in [-0.2, 0) is 17.6 Å². The molecule has 0 aromatic heterocycles. The van der Waals surface area contributed by atoms with Crippen molar-refractivity contribution in [2.75, 3.05) is 18.5 Å². The van der Waals surface area contributed by atoms with E-state index >= 15 is 0 Å². The van der Waals surface area contributed by atoms with E-state index < -0.39 is 0 Å². The van der Waals surface area contributed by atoms with Crippen molar-refractivity contribution in [3.05, 3.63) is 52.5 Å². The van der Waals surface area contributed by atoms with Gasteiger partial charge in [0.1, 0.15) is 13.2 Å². The number of fused-ring (bicyclic) bond motifs is 1. The first-order valence-electron chi connectivity index (χ1n) is 7.49. The minimum Gasteiger partial charge on any atom is -0.486 e. The van der Waals surface area contributed by atoms with Crippen LogP contribution in [0, 0.1) is 11.3 Å². The molecule has 2 aromatic carbocycles. The fourth-order valence-electron chi connectivity index (χ4n) is 2.45. The Labute approximate surface area is 144 Å². The fraction of sp³-hybridized carbons (Fsp3) is 0.222. The summed E-state index contributed by atoms with van der Waals surface area (Å²) in [5.41, 5.74) is 2.35. The van der Waals surface area contributed by atoms with E-state index in [4.69, 9.17) is 26.3 Å². The molecule has 0 radical (unpaired) electrons. The second-order valence-electron chi connectivity index (χ2n) is 5.36. The maximum absolute atomic E-state index is 12.2. The van der Waals surface area contributed by atoms with E-state index in [-0.39, 0.29) is 12.3 Å². The van der Waals surface area contributed by atoms with Crippen molar-refractivity contribution in [2.24, 2.45) is 0 Å². The molecular formula is C18H15ClN2O3. The molecule has 1 aliphatic rings. The molecule has 5 nitrogen and oxygen atoms in total. The Morgan fingerprint density at radius 3 is 2.67 bits per heavy atom. The van der Waals surface area contributed by atoms with E-state index in [0.717, 1.165) is 11.1 Å². The fourth-order valence-corrected chi connectivity index (χ4v) is 2.74. The van der Waals surface area contributed by atoms with Crippen molar-refractivity contribution in [3.63, 3.8) is 0 Å². The number of anilines is 1. The lowest BCUT2D eigenvalue weighted by Crippen LogP contribution is -2.17. The number of amides is 1. The molecule has 1 amide bonds. The van der Waals surface area contributed by atoms with Gasteiger partial charge in [-0.3, -0.25) is 4.79 Å². The number of ether oxygens (including phenoxy) is 2. The average molecular weight is 343 g/mol. The van der Waals surface area contributed by atoms with Crippen LogP contribution in [0.5, 0.6) is 11.5 Å². The Balaban J connectivity index is 1.66. The van der Waals surface area contributed by atoms with Crippen LogP contribution in [0.25, 0.3) is 0 Å². The predicted octanol–water partition coefficient (Wildman–Crippen LogP) is 3.36. The molecule has 0 saturated carbocycles. The van der Waals surface area contributed by atoms with Crippen molar-refractivity contribution >= 4 is 23.2 Å². The van der Waals surface area contributed by atoms with Crippen molar-refractivity contribution in [1.29, 1.82) is 5.26 Å². The Morgan fingerprint density at radius 2 is 1.92 bits per heavy atom. The van der Waals surface area contributed by atoms with Gasteiger partial charge in [0, 0.05) is 5.69 Å². The first kappa shape index (κ1) is 16.2. The van der Waals surface area contributed by atoms with Gasteiger partial charge in [-0.1, -0.05) is 23.7 Å². The number of carbonyl (C=O) groups excluding carboxylic acids is 1. The Morgan fingerprint density at radius 1 is 1.17 bits per heavy atom. The molecule has 0 bridgehead atoms. The minimum absolute atomic E-state index is 0.157. The van der Waals surface area contributed by atoms with Gasteiger partial charge in [-0.2, -0.15) is 5.26 Å². The summed E-state index contributed by atoms with van der Waals surface area (Å²) in [7, 11) is 0. The number of benzene rings is 2. The number of halogens is 1. The average Bonchev–Trinajstić information content (AvgIpc) is 2.57. The Kier molecular flexibility index (Phi) is 4.88. The number of nitrogens with zero attached hydrogens (tertiary/aromatic N) is 1. The summed E-state index contributed by atoms with van der Waals surface area (Å²) in [6.07, 6.45) is 0.528. The summed E-state index contributed by atoms with van der Waals surface area (Å²) >= 11 is 6.18. The topological polar surface area (TPSA) is 71.4 Å². The number of nitrogens with one attached hydrogen (secondary N) is 1. The third kappa shape index (κ3) is 3.79. The summed E-state index contributed by atoms with van der Waals surface area (Å²) < 4.78 is 11.0. The van der Waals surface area contributed by atoms with E-state index in [1.807, 2.05) is 12.1 Å². The molecule has 0 atom stereocenters. The van der Waals surface area contributed by atoms with Gasteiger partial charge >= 0.3 is 0 Å². The third-order valence-corrected chi connectivity index (χ3v) is 3.82. The van der Waals surface area contributed by atoms with Crippen molar-refractivity contribution in [2.45, 2.75) is 12.8 Å². The molecule has 1 heterocycles. The highest BCUT2D eigenvalue weighted by Crippen LogP contribution is 2.38. The molecule has 3 rings (SSSR count). The number of hydrogen-bond acceptors (Lipinski definition) is 4. The summed E-state index contributed by atoms with van der Waals surface area (Å²) in [6, 6.07) is 12.8. The third-order valence-electron chi connectivity index (χ3n) is 3.54. The number of hydrogen-bond donors (Lipinski definition) is 1. The standard InChI is InChI=1S/C18H15ClN2O3/c19-15-9-13(10-16-18(15)24-8-7-23-16)11-17(22)21-14-3-1-12(2-4-14)5-6-20/h1-4,9-10H,5,7-8,11H2,(H,21,22). The number of rotatable bonds is 4. The first-order valence-corrected chi connectivity index (χ1v) is 7.87. The first-order chi connectivity index (χ1) is 11.7. The highest BCUT2D eigenvalue weighted by molar-refractivity contribution is 6.32. The molecule has 0 saturated heterocycles. The summed E-state index contributed by atoms with van der Waals surface area (Å²) in [5.74, 6) is 0.938. The van der Waals surface area contributed by atoms with Gasteiger partial charge in [0.05, 0.1) is 23.9 Å². The van der Waals surface area contributed by atoms with Gasteiger partial charge in [-0.05, 0) is 35.4 Å². The molecular weight excluding hydrogens is 328 g/mol. The van der Waals surface area contributed by atoms with E-state index in [9.17, 15) is 4.79 Å². The lowest BCUT2D eigenvalue weighted by molar-refractivity contribution is -0.115. The second kappa shape index (κ2) is 7.24. The van der Waals surface area contributed by atoms with Crippen LogP contribution in [0.4, 0.5) is 5.69 Å². The molecule has 2 aromatic rings. The lowest BCUT2D eigenvalue weighted by Gasteiger charge is -2.20. The maximum atomic E-state index is 12.2. The van der Waals surface area contributed by atoms with Gasteiger partial charge < -0.3 is 14.8 Å². The number of carbonyl (C=O) groups is 1. The zero-order valence-corrected chi connectivity index (χ0v) is 13.6. The molecule has 6 heteroatoms. The highest BCUT2D eigenvalue weighted by atomic mass is 35.5. The van der Waals surface area contributed by atoms with Crippen molar-refractivity contribution in [3.8, 4) is 17.6 Å². The van der Waals surface area contributed by atoms with Gasteiger partial charge in [0.15, 0.2) is 11.5 Å². The van der Waals surface area contributed by atoms with E-state index in [1.165, 1.54) is 0 Å². The molecule has 1 aliphatic heterocycles. The Hall–Kier alpha value is -2.71. The zero-order valence-electron chi connectivity index (χ0n) is 12.8. The lowest BCUT2D eigenvalue weighted by atomic mass is 10.1. The van der Waals surface area contributed by atoms with E-state index in [2.05, 4.69) is 11.4 Å². The highest BCUT2D eigenvalue weighted by Gasteiger charge is 2.17. The molecule has 0 aliphatic carbocycles. The SMILES string of the molecule is N#CCc1ccc(NC(=O)Cc2cc(Cl)c3c(c2)OCCO3)cc1. The second-order valence-corrected chi connectivity index (χ2v) is 5.77. The summed E-state index contributed by atoms with van der Waals surface area (Å²) in [4.78, 5) is 12.2. The van der Waals surface area contributed by atoms with Crippen LogP contribution in [-0.4, -0.2) is 19.1 Å². The van der Waals surface area contributed by atoms with E-state index in [1.54, 1.807) is 24.3 Å².